The van der Waals surface area contributed by atoms with Crippen LogP contribution in [0.25, 0.3) is 0 Å². The zero-order chi connectivity index (χ0) is 14.4. The number of thioether (sulfide) groups is 1. The van der Waals surface area contributed by atoms with E-state index in [0.717, 1.165) is 10.6 Å². The molecule has 0 aliphatic rings. The van der Waals surface area contributed by atoms with Gasteiger partial charge in [-0.1, -0.05) is 29.3 Å². The van der Waals surface area contributed by atoms with Crippen LogP contribution in [-0.2, 0) is 11.3 Å². The summed E-state index contributed by atoms with van der Waals surface area (Å²) in [5, 5.41) is 4.00. The highest BCUT2D eigenvalue weighted by Crippen LogP contribution is 2.29. The maximum atomic E-state index is 11.8. The monoisotopic (exact) mass is 326 g/mol. The summed E-state index contributed by atoms with van der Waals surface area (Å²) in [5.74, 6) is 0.212. The number of nitrogens with zero attached hydrogens (tertiary/aromatic N) is 1. The van der Waals surface area contributed by atoms with E-state index in [1.165, 1.54) is 11.8 Å². The first-order valence-corrected chi connectivity index (χ1v) is 7.64. The van der Waals surface area contributed by atoms with Crippen molar-refractivity contribution in [2.75, 3.05) is 5.75 Å². The van der Waals surface area contributed by atoms with Gasteiger partial charge in [-0.05, 0) is 30.3 Å². The van der Waals surface area contributed by atoms with Crippen molar-refractivity contribution in [1.29, 1.82) is 0 Å². The molecule has 0 atom stereocenters. The lowest BCUT2D eigenvalue weighted by molar-refractivity contribution is -0.118. The van der Waals surface area contributed by atoms with E-state index in [4.69, 9.17) is 23.2 Å². The van der Waals surface area contributed by atoms with Gasteiger partial charge in [0.2, 0.25) is 5.91 Å². The number of carbonyl (C=O) groups excluding carboxylic acids is 1. The standard InChI is InChI=1S/C14H12Cl2N2OS/c15-10-4-5-12(16)13(7-10)20-9-14(19)18-8-11-3-1-2-6-17-11/h1-7H,8-9H2,(H,18,19). The summed E-state index contributed by atoms with van der Waals surface area (Å²) < 4.78 is 0. The highest BCUT2D eigenvalue weighted by atomic mass is 35.5. The van der Waals surface area contributed by atoms with Crippen molar-refractivity contribution in [3.8, 4) is 0 Å². The number of aromatic nitrogens is 1. The van der Waals surface area contributed by atoms with Crippen LogP contribution in [0.15, 0.2) is 47.5 Å². The van der Waals surface area contributed by atoms with Gasteiger partial charge in [-0.15, -0.1) is 11.8 Å². The fourth-order valence-electron chi connectivity index (χ4n) is 1.47. The molecule has 1 N–H and O–H groups in total. The lowest BCUT2D eigenvalue weighted by Gasteiger charge is -2.06. The lowest BCUT2D eigenvalue weighted by atomic mass is 10.3. The molecule has 1 aromatic carbocycles. The van der Waals surface area contributed by atoms with Crippen LogP contribution < -0.4 is 5.32 Å². The van der Waals surface area contributed by atoms with E-state index in [1.54, 1.807) is 24.4 Å². The highest BCUT2D eigenvalue weighted by Gasteiger charge is 2.06. The number of benzene rings is 1. The third-order valence-electron chi connectivity index (χ3n) is 2.44. The van der Waals surface area contributed by atoms with Gasteiger partial charge in [-0.3, -0.25) is 9.78 Å². The van der Waals surface area contributed by atoms with Gasteiger partial charge in [0.05, 0.1) is 23.0 Å². The molecule has 0 saturated carbocycles. The number of halogens is 2. The number of hydrogen-bond acceptors (Lipinski definition) is 3. The third kappa shape index (κ3) is 4.71. The Hall–Kier alpha value is -1.23. The highest BCUT2D eigenvalue weighted by molar-refractivity contribution is 8.00. The molecule has 0 bridgehead atoms. The van der Waals surface area contributed by atoms with Crippen LogP contribution in [-0.4, -0.2) is 16.6 Å². The summed E-state index contributed by atoms with van der Waals surface area (Å²) in [5.41, 5.74) is 0.826. The first kappa shape index (κ1) is 15.2. The Balaban J connectivity index is 1.82. The van der Waals surface area contributed by atoms with Crippen LogP contribution >= 0.6 is 35.0 Å². The number of amides is 1. The molecule has 1 aromatic heterocycles. The first-order chi connectivity index (χ1) is 9.65. The van der Waals surface area contributed by atoms with Gasteiger partial charge in [0.15, 0.2) is 0 Å². The van der Waals surface area contributed by atoms with Crippen molar-refractivity contribution in [1.82, 2.24) is 10.3 Å². The second-order valence-electron chi connectivity index (χ2n) is 3.96. The first-order valence-electron chi connectivity index (χ1n) is 5.89. The lowest BCUT2D eigenvalue weighted by Crippen LogP contribution is -2.24. The predicted octanol–water partition coefficient (Wildman–Crippen LogP) is 3.80. The SMILES string of the molecule is O=C(CSc1cc(Cl)ccc1Cl)NCc1ccccn1. The summed E-state index contributed by atoms with van der Waals surface area (Å²) >= 11 is 13.3. The third-order valence-corrected chi connectivity index (χ3v) is 4.18. The fourth-order valence-corrected chi connectivity index (χ4v) is 2.80. The van der Waals surface area contributed by atoms with Gasteiger partial charge < -0.3 is 5.32 Å². The fraction of sp³-hybridized carbons (Fsp3) is 0.143. The van der Waals surface area contributed by atoms with Crippen LogP contribution in [0.2, 0.25) is 10.0 Å². The summed E-state index contributed by atoms with van der Waals surface area (Å²) in [6.07, 6.45) is 1.70. The second-order valence-corrected chi connectivity index (χ2v) is 5.82. The molecule has 2 aromatic rings. The number of nitrogens with one attached hydrogen (secondary N) is 1. The van der Waals surface area contributed by atoms with E-state index in [-0.39, 0.29) is 11.7 Å². The molecule has 2 rings (SSSR count). The molecule has 104 valence electrons. The van der Waals surface area contributed by atoms with Gasteiger partial charge in [-0.2, -0.15) is 0 Å². The maximum absolute atomic E-state index is 11.8. The molecule has 3 nitrogen and oxygen atoms in total. The largest absolute Gasteiger partial charge is 0.350 e. The maximum Gasteiger partial charge on any atom is 0.230 e. The van der Waals surface area contributed by atoms with E-state index in [0.29, 0.717) is 16.6 Å². The topological polar surface area (TPSA) is 42.0 Å². The molecule has 0 spiro atoms. The van der Waals surface area contributed by atoms with E-state index in [1.807, 2.05) is 18.2 Å². The van der Waals surface area contributed by atoms with Gasteiger partial charge in [-0.25, -0.2) is 0 Å². The zero-order valence-electron chi connectivity index (χ0n) is 10.5. The Morgan fingerprint density at radius 2 is 2.10 bits per heavy atom. The van der Waals surface area contributed by atoms with Gasteiger partial charge >= 0.3 is 0 Å². The van der Waals surface area contributed by atoms with Crippen LogP contribution in [0.1, 0.15) is 5.69 Å². The van der Waals surface area contributed by atoms with E-state index in [9.17, 15) is 4.79 Å². The number of rotatable bonds is 5. The minimum Gasteiger partial charge on any atom is -0.350 e. The Bertz CT molecular complexity index is 593. The Labute approximate surface area is 131 Å². The normalized spacial score (nSPS) is 10.3. The predicted molar refractivity (Wildman–Crippen MR) is 83.3 cm³/mol. The molecule has 0 fully saturated rings. The van der Waals surface area contributed by atoms with Crippen molar-refractivity contribution in [3.63, 3.8) is 0 Å². The van der Waals surface area contributed by atoms with Crippen LogP contribution in [0.4, 0.5) is 0 Å². The van der Waals surface area contributed by atoms with E-state index in [2.05, 4.69) is 10.3 Å². The molecule has 20 heavy (non-hydrogen) atoms. The Morgan fingerprint density at radius 1 is 1.25 bits per heavy atom. The smallest absolute Gasteiger partial charge is 0.230 e. The molecular formula is C14H12Cl2N2OS. The molecule has 1 amide bonds. The van der Waals surface area contributed by atoms with Gasteiger partial charge in [0.25, 0.3) is 0 Å². The molecule has 0 aliphatic carbocycles. The van der Waals surface area contributed by atoms with Crippen LogP contribution in [0, 0.1) is 0 Å². The van der Waals surface area contributed by atoms with Crippen molar-refractivity contribution >= 4 is 40.9 Å². The minimum absolute atomic E-state index is 0.0725. The van der Waals surface area contributed by atoms with Crippen LogP contribution in [0.3, 0.4) is 0 Å². The van der Waals surface area contributed by atoms with Gasteiger partial charge in [0.1, 0.15) is 0 Å². The molecular weight excluding hydrogens is 315 g/mol. The Morgan fingerprint density at radius 3 is 2.85 bits per heavy atom. The van der Waals surface area contributed by atoms with Crippen molar-refractivity contribution in [3.05, 3.63) is 58.3 Å². The summed E-state index contributed by atoms with van der Waals surface area (Å²) in [7, 11) is 0. The average Bonchev–Trinajstić information content (AvgIpc) is 2.47. The molecule has 6 heteroatoms. The molecule has 0 aliphatic heterocycles. The number of carbonyl (C=O) groups is 1. The minimum atomic E-state index is -0.0725. The average molecular weight is 327 g/mol. The summed E-state index contributed by atoms with van der Waals surface area (Å²) in [4.78, 5) is 16.7. The van der Waals surface area contributed by atoms with E-state index >= 15 is 0 Å². The Kier molecular flexibility index (Phi) is 5.71. The molecule has 0 unspecified atom stereocenters. The number of pyridine rings is 1. The quantitative estimate of drug-likeness (QED) is 0.850. The summed E-state index contributed by atoms with van der Waals surface area (Å²) in [6.45, 7) is 0.420. The van der Waals surface area contributed by atoms with E-state index < -0.39 is 0 Å². The molecule has 0 saturated heterocycles. The van der Waals surface area contributed by atoms with Gasteiger partial charge in [0, 0.05) is 16.1 Å². The molecule has 0 radical (unpaired) electrons. The molecule has 1 heterocycles. The zero-order valence-corrected chi connectivity index (χ0v) is 12.8. The summed E-state index contributed by atoms with van der Waals surface area (Å²) in [6, 6.07) is 10.8. The second kappa shape index (κ2) is 7.53. The van der Waals surface area contributed by atoms with Crippen molar-refractivity contribution < 1.29 is 4.79 Å². The number of hydrogen-bond donors (Lipinski definition) is 1. The van der Waals surface area contributed by atoms with Crippen molar-refractivity contribution in [2.24, 2.45) is 0 Å². The van der Waals surface area contributed by atoms with Crippen molar-refractivity contribution in [2.45, 2.75) is 11.4 Å². The van der Waals surface area contributed by atoms with Crippen LogP contribution in [0.5, 0.6) is 0 Å².